The van der Waals surface area contributed by atoms with Crippen LogP contribution in [0.3, 0.4) is 0 Å². The summed E-state index contributed by atoms with van der Waals surface area (Å²) in [5, 5.41) is 92.3. The van der Waals surface area contributed by atoms with Gasteiger partial charge in [0.2, 0.25) is 0 Å². The molecule has 3 fully saturated rings. The molecule has 0 aromatic heterocycles. The van der Waals surface area contributed by atoms with E-state index < -0.39 is 98.0 Å². The molecule has 0 amide bonds. The van der Waals surface area contributed by atoms with Crippen molar-refractivity contribution >= 4 is 0 Å². The van der Waals surface area contributed by atoms with Crippen LogP contribution < -0.4 is 0 Å². The molecular weight excluding hydrogens is 580 g/mol. The highest BCUT2D eigenvalue weighted by Crippen LogP contribution is 2.32. The van der Waals surface area contributed by atoms with Crippen molar-refractivity contribution in [3.63, 3.8) is 0 Å². The van der Waals surface area contributed by atoms with Crippen molar-refractivity contribution in [2.24, 2.45) is 17.8 Å². The molecule has 3 heterocycles. The lowest BCUT2D eigenvalue weighted by atomic mass is 9.85. The number of rotatable bonds is 15. The fourth-order valence-electron chi connectivity index (χ4n) is 6.04. The quantitative estimate of drug-likeness (QED) is 0.0632. The van der Waals surface area contributed by atoms with Crippen LogP contribution in [0.25, 0.3) is 0 Å². The second kappa shape index (κ2) is 17.3. The Morgan fingerprint density at radius 3 is 1.86 bits per heavy atom. The fraction of sp³-hybridized carbons (Fsp3) is 1.00. The van der Waals surface area contributed by atoms with Gasteiger partial charge in [0, 0.05) is 18.9 Å². The minimum absolute atomic E-state index is 0.0191. The summed E-state index contributed by atoms with van der Waals surface area (Å²) in [6.45, 7) is 2.50. The minimum atomic E-state index is -1.59. The van der Waals surface area contributed by atoms with E-state index in [1.54, 1.807) is 13.8 Å². The lowest BCUT2D eigenvalue weighted by molar-refractivity contribution is -0.313. The Morgan fingerprint density at radius 1 is 0.651 bits per heavy atom. The molecule has 0 spiro atoms. The third-order valence-electron chi connectivity index (χ3n) is 8.65. The highest BCUT2D eigenvalue weighted by atomic mass is 17.1. The Kier molecular flexibility index (Phi) is 14.8. The first-order valence-electron chi connectivity index (χ1n) is 14.8. The summed E-state index contributed by atoms with van der Waals surface area (Å²) >= 11 is 0. The summed E-state index contributed by atoms with van der Waals surface area (Å²) in [6, 6.07) is 0. The topological polar surface area (TPSA) is 247 Å². The third-order valence-corrected chi connectivity index (χ3v) is 8.65. The second-order valence-corrected chi connectivity index (χ2v) is 11.8. The molecule has 0 aromatic rings. The highest BCUT2D eigenvalue weighted by Gasteiger charge is 2.48. The van der Waals surface area contributed by atoms with E-state index in [0.29, 0.717) is 6.42 Å². The number of aliphatic hydroxyl groups excluding tert-OH is 8. The first kappa shape index (κ1) is 36.8. The van der Waals surface area contributed by atoms with Gasteiger partial charge in [-0.2, -0.15) is 0 Å². The first-order chi connectivity index (χ1) is 20.5. The fourth-order valence-corrected chi connectivity index (χ4v) is 6.04. The minimum Gasteiger partial charge on any atom is -0.394 e. The van der Waals surface area contributed by atoms with E-state index in [9.17, 15) is 40.9 Å². The van der Waals surface area contributed by atoms with Crippen LogP contribution in [0.4, 0.5) is 0 Å². The van der Waals surface area contributed by atoms with Gasteiger partial charge >= 0.3 is 0 Å². The van der Waals surface area contributed by atoms with E-state index in [1.165, 1.54) is 7.11 Å². The molecule has 9 N–H and O–H groups in total. The Morgan fingerprint density at radius 2 is 1.26 bits per heavy atom. The molecule has 0 radical (unpaired) electrons. The van der Waals surface area contributed by atoms with Gasteiger partial charge in [-0.3, -0.25) is 5.26 Å². The summed E-state index contributed by atoms with van der Waals surface area (Å²) in [4.78, 5) is 4.13. The molecule has 0 aliphatic carbocycles. The van der Waals surface area contributed by atoms with Crippen molar-refractivity contribution < 1.29 is 79.4 Å². The predicted molar refractivity (Wildman–Crippen MR) is 143 cm³/mol. The van der Waals surface area contributed by atoms with Gasteiger partial charge < -0.3 is 69.3 Å². The largest absolute Gasteiger partial charge is 0.394 e. The standard InChI is InChI=1S/C27H50O16/c1-4-13-17(11-39-27-26(35)25(34)22(31)15(43-27)5-12(2)7-40-36)42-19(24(33)20(13)29)10-38-8-14-16(6-28)41-18(9-37-3)23(32)21(14)30/h12-36H,4-11H2,1-3H3/t12?,13-,14-,15?,16?,17?,18+,19+,20-,21-,22+,23?,24?,25-,26?,27+/m1/s1. The SMILES string of the molecule is CC[C@@H]1C(CO[C@H]2OC(CC(C)COO)[C@H](O)[C@@H](O)C2O)O[C@@H](COC[C@@H]2C(CO)O[C@@H](COC)C(O)[C@@H]2O)C(O)[C@@H]1O. The normalized spacial score (nSPS) is 44.8. The van der Waals surface area contributed by atoms with E-state index >= 15 is 0 Å². The Hall–Kier alpha value is -0.640. The van der Waals surface area contributed by atoms with Gasteiger partial charge in [-0.25, -0.2) is 4.89 Å². The molecule has 7 unspecified atom stereocenters. The second-order valence-electron chi connectivity index (χ2n) is 11.8. The molecule has 3 aliphatic rings. The molecule has 254 valence electrons. The van der Waals surface area contributed by atoms with Gasteiger partial charge in [0.15, 0.2) is 6.29 Å². The molecule has 3 aliphatic heterocycles. The van der Waals surface area contributed by atoms with E-state index in [1.807, 2.05) is 0 Å². The summed E-state index contributed by atoms with van der Waals surface area (Å²) in [5.74, 6) is -1.62. The van der Waals surface area contributed by atoms with Gasteiger partial charge in [-0.1, -0.05) is 13.8 Å². The summed E-state index contributed by atoms with van der Waals surface area (Å²) < 4.78 is 33.9. The van der Waals surface area contributed by atoms with Crippen molar-refractivity contribution in [2.75, 3.05) is 46.8 Å². The smallest absolute Gasteiger partial charge is 0.186 e. The highest BCUT2D eigenvalue weighted by molar-refractivity contribution is 4.95. The third kappa shape index (κ3) is 9.00. The van der Waals surface area contributed by atoms with Crippen molar-refractivity contribution in [1.29, 1.82) is 0 Å². The maximum Gasteiger partial charge on any atom is 0.186 e. The molecule has 0 aromatic carbocycles. The zero-order valence-electron chi connectivity index (χ0n) is 24.8. The van der Waals surface area contributed by atoms with Crippen LogP contribution in [-0.2, 0) is 33.3 Å². The number of aliphatic hydroxyl groups is 8. The van der Waals surface area contributed by atoms with Crippen LogP contribution in [0.15, 0.2) is 0 Å². The number of ether oxygens (including phenoxy) is 6. The zero-order valence-corrected chi connectivity index (χ0v) is 24.8. The summed E-state index contributed by atoms with van der Waals surface area (Å²) in [6.07, 6.45) is -14.8. The van der Waals surface area contributed by atoms with Crippen molar-refractivity contribution in [1.82, 2.24) is 0 Å². The molecule has 3 rings (SSSR count). The van der Waals surface area contributed by atoms with Gasteiger partial charge in [-0.15, -0.1) is 0 Å². The van der Waals surface area contributed by atoms with Crippen LogP contribution in [0, 0.1) is 17.8 Å². The van der Waals surface area contributed by atoms with E-state index in [0.717, 1.165) is 0 Å². The van der Waals surface area contributed by atoms with E-state index in [-0.39, 0.29) is 45.4 Å². The summed E-state index contributed by atoms with van der Waals surface area (Å²) in [7, 11) is 1.42. The lowest BCUT2D eigenvalue weighted by Crippen LogP contribution is -2.60. The first-order valence-corrected chi connectivity index (χ1v) is 14.8. The molecule has 0 saturated carbocycles. The maximum absolute atomic E-state index is 10.9. The van der Waals surface area contributed by atoms with Gasteiger partial charge in [0.05, 0.1) is 70.2 Å². The number of methoxy groups -OCH3 is 1. The van der Waals surface area contributed by atoms with Crippen LogP contribution in [0.1, 0.15) is 26.7 Å². The Bertz CT molecular complexity index is 792. The van der Waals surface area contributed by atoms with Crippen LogP contribution >= 0.6 is 0 Å². The van der Waals surface area contributed by atoms with Crippen LogP contribution in [0.2, 0.25) is 0 Å². The average Bonchev–Trinajstić information content (AvgIpc) is 2.98. The van der Waals surface area contributed by atoms with E-state index in [2.05, 4.69) is 4.89 Å². The van der Waals surface area contributed by atoms with Crippen LogP contribution in [-0.4, -0.2) is 172 Å². The van der Waals surface area contributed by atoms with Gasteiger partial charge in [-0.05, 0) is 18.8 Å². The summed E-state index contributed by atoms with van der Waals surface area (Å²) in [5.41, 5.74) is 0. The zero-order chi connectivity index (χ0) is 31.8. The van der Waals surface area contributed by atoms with E-state index in [4.69, 9.17) is 33.7 Å². The molecular formula is C27H50O16. The van der Waals surface area contributed by atoms with Crippen molar-refractivity contribution in [3.8, 4) is 0 Å². The number of hydrogen-bond donors (Lipinski definition) is 9. The van der Waals surface area contributed by atoms with Crippen molar-refractivity contribution in [2.45, 2.75) is 106 Å². The van der Waals surface area contributed by atoms with Gasteiger partial charge in [0.1, 0.15) is 42.7 Å². The molecule has 3 saturated heterocycles. The Labute approximate surface area is 250 Å². The molecule has 16 heteroatoms. The average molecular weight is 631 g/mol. The monoisotopic (exact) mass is 630 g/mol. The van der Waals surface area contributed by atoms with Gasteiger partial charge in [0.25, 0.3) is 0 Å². The maximum atomic E-state index is 10.9. The molecule has 16 atom stereocenters. The van der Waals surface area contributed by atoms with Crippen LogP contribution in [0.5, 0.6) is 0 Å². The lowest BCUT2D eigenvalue weighted by Gasteiger charge is -2.45. The molecule has 43 heavy (non-hydrogen) atoms. The predicted octanol–water partition coefficient (Wildman–Crippen LogP) is -3.40. The van der Waals surface area contributed by atoms with Crippen molar-refractivity contribution in [3.05, 3.63) is 0 Å². The molecule has 0 bridgehead atoms. The molecule has 16 nitrogen and oxygen atoms in total. The number of hydrogen-bond acceptors (Lipinski definition) is 16. The Balaban J connectivity index is 1.60.